The normalized spacial score (nSPS) is 14.8. The summed E-state index contributed by atoms with van der Waals surface area (Å²) in [7, 11) is 1.28. The van der Waals surface area contributed by atoms with Crippen LogP contribution in [0.1, 0.15) is 18.1 Å². The van der Waals surface area contributed by atoms with Crippen molar-refractivity contribution < 1.29 is 28.6 Å². The maximum absolute atomic E-state index is 12.8. The Morgan fingerprint density at radius 2 is 1.90 bits per heavy atom. The predicted molar refractivity (Wildman–Crippen MR) is 121 cm³/mol. The van der Waals surface area contributed by atoms with E-state index in [1.807, 2.05) is 31.2 Å². The number of hydrogen-bond acceptors (Lipinski definition) is 7. The van der Waals surface area contributed by atoms with Crippen LogP contribution in [0.25, 0.3) is 6.08 Å². The van der Waals surface area contributed by atoms with Crippen molar-refractivity contribution in [2.75, 3.05) is 20.3 Å². The fourth-order valence-electron chi connectivity index (χ4n) is 2.78. The molecule has 0 unspecified atom stereocenters. The number of amides is 2. The predicted octanol–water partition coefficient (Wildman–Crippen LogP) is 4.64. The lowest BCUT2D eigenvalue weighted by Crippen LogP contribution is -2.27. The highest BCUT2D eigenvalue weighted by atomic mass is 79.9. The van der Waals surface area contributed by atoms with E-state index in [1.165, 1.54) is 12.0 Å². The highest BCUT2D eigenvalue weighted by Crippen LogP contribution is 2.36. The van der Waals surface area contributed by atoms with E-state index >= 15 is 0 Å². The minimum Gasteiger partial charge on any atom is -0.490 e. The Balaban J connectivity index is 1.79. The number of nitrogens with zero attached hydrogens (tertiary/aromatic N) is 1. The third-order valence-electron chi connectivity index (χ3n) is 4.30. The molecule has 0 N–H and O–H groups in total. The van der Waals surface area contributed by atoms with E-state index in [4.69, 9.17) is 9.47 Å². The Morgan fingerprint density at radius 3 is 2.61 bits per heavy atom. The van der Waals surface area contributed by atoms with Crippen molar-refractivity contribution in [3.63, 3.8) is 0 Å². The van der Waals surface area contributed by atoms with Gasteiger partial charge in [-0.1, -0.05) is 40.2 Å². The molecule has 2 amide bonds. The first-order chi connectivity index (χ1) is 14.9. The van der Waals surface area contributed by atoms with Crippen molar-refractivity contribution in [1.82, 2.24) is 4.90 Å². The van der Waals surface area contributed by atoms with Gasteiger partial charge >= 0.3 is 5.97 Å². The van der Waals surface area contributed by atoms with Crippen LogP contribution in [0.3, 0.4) is 0 Å². The van der Waals surface area contributed by atoms with E-state index in [1.54, 1.807) is 24.3 Å². The number of methoxy groups -OCH3 is 1. The lowest BCUT2D eigenvalue weighted by Gasteiger charge is -2.13. The van der Waals surface area contributed by atoms with E-state index in [2.05, 4.69) is 20.7 Å². The first-order valence-electron chi connectivity index (χ1n) is 9.38. The number of ether oxygens (including phenoxy) is 3. The molecule has 0 atom stereocenters. The minimum absolute atomic E-state index is 0.188. The highest BCUT2D eigenvalue weighted by molar-refractivity contribution is 9.10. The van der Waals surface area contributed by atoms with Crippen LogP contribution >= 0.6 is 27.7 Å². The minimum atomic E-state index is -0.509. The van der Waals surface area contributed by atoms with Gasteiger partial charge in [-0.05, 0) is 54.1 Å². The van der Waals surface area contributed by atoms with E-state index in [0.717, 1.165) is 21.8 Å². The summed E-state index contributed by atoms with van der Waals surface area (Å²) < 4.78 is 16.4. The van der Waals surface area contributed by atoms with Crippen LogP contribution in [-0.2, 0) is 20.9 Å². The Labute approximate surface area is 192 Å². The Morgan fingerprint density at radius 1 is 1.13 bits per heavy atom. The average Bonchev–Trinajstić information content (AvgIpc) is 3.02. The molecule has 9 heteroatoms. The molecule has 0 spiro atoms. The number of carbonyl (C=O) groups excluding carboxylic acids is 3. The molecule has 1 fully saturated rings. The van der Waals surface area contributed by atoms with Crippen molar-refractivity contribution in [2.24, 2.45) is 0 Å². The fraction of sp³-hybridized carbons (Fsp3) is 0.227. The topological polar surface area (TPSA) is 82.1 Å². The standard InChI is InChI=1S/C22H20BrNO6S/c1-3-29-18-10-14(8-9-17(18)30-13-20(25)28-2)11-19-21(26)24(22(27)31-19)12-15-6-4-5-7-16(15)23/h4-11H,3,12-13H2,1-2H3/b19-11-. The van der Waals surface area contributed by atoms with Crippen LogP contribution in [0.4, 0.5) is 4.79 Å². The van der Waals surface area contributed by atoms with Gasteiger partial charge < -0.3 is 14.2 Å². The van der Waals surface area contributed by atoms with Crippen molar-refractivity contribution >= 4 is 50.9 Å². The number of rotatable bonds is 8. The zero-order chi connectivity index (χ0) is 22.4. The van der Waals surface area contributed by atoms with Gasteiger partial charge in [0, 0.05) is 4.47 Å². The molecule has 2 aromatic rings. The molecule has 0 aliphatic carbocycles. The summed E-state index contributed by atoms with van der Waals surface area (Å²) >= 11 is 4.33. The number of hydrogen-bond donors (Lipinski definition) is 0. The van der Waals surface area contributed by atoms with Gasteiger partial charge in [0.15, 0.2) is 18.1 Å². The molecular weight excluding hydrogens is 486 g/mol. The molecule has 0 radical (unpaired) electrons. The highest BCUT2D eigenvalue weighted by Gasteiger charge is 2.35. The monoisotopic (exact) mass is 505 g/mol. The van der Waals surface area contributed by atoms with Crippen molar-refractivity contribution in [1.29, 1.82) is 0 Å². The van der Waals surface area contributed by atoms with Gasteiger partial charge in [-0.3, -0.25) is 14.5 Å². The number of imide groups is 1. The second-order valence-electron chi connectivity index (χ2n) is 6.36. The van der Waals surface area contributed by atoms with Crippen molar-refractivity contribution in [2.45, 2.75) is 13.5 Å². The summed E-state index contributed by atoms with van der Waals surface area (Å²) in [5, 5.41) is -0.324. The van der Waals surface area contributed by atoms with E-state index in [9.17, 15) is 14.4 Å². The summed E-state index contributed by atoms with van der Waals surface area (Å²) in [5.74, 6) is -0.0565. The number of thioether (sulfide) groups is 1. The molecule has 7 nitrogen and oxygen atoms in total. The molecule has 1 aliphatic rings. The SMILES string of the molecule is CCOc1cc(/C=C2\SC(=O)N(Cc3ccccc3Br)C2=O)ccc1OCC(=O)OC. The number of carbonyl (C=O) groups is 3. The van der Waals surface area contributed by atoms with Crippen LogP contribution in [0.2, 0.25) is 0 Å². The molecule has 1 saturated heterocycles. The van der Waals surface area contributed by atoms with E-state index < -0.39 is 5.97 Å². The fourth-order valence-corrected chi connectivity index (χ4v) is 4.03. The summed E-state index contributed by atoms with van der Waals surface area (Å²) in [6, 6.07) is 12.5. The maximum atomic E-state index is 12.8. The molecule has 1 heterocycles. The van der Waals surface area contributed by atoms with Gasteiger partial charge in [0.1, 0.15) is 0 Å². The largest absolute Gasteiger partial charge is 0.490 e. The second-order valence-corrected chi connectivity index (χ2v) is 8.21. The molecule has 162 valence electrons. The molecule has 31 heavy (non-hydrogen) atoms. The first kappa shape index (κ1) is 22.9. The molecular formula is C22H20BrNO6S. The molecule has 2 aromatic carbocycles. The number of halogens is 1. The third-order valence-corrected chi connectivity index (χ3v) is 5.98. The zero-order valence-corrected chi connectivity index (χ0v) is 19.3. The lowest BCUT2D eigenvalue weighted by atomic mass is 10.1. The van der Waals surface area contributed by atoms with Crippen molar-refractivity contribution in [3.8, 4) is 11.5 Å². The van der Waals surface area contributed by atoms with Crippen LogP contribution in [0, 0.1) is 0 Å². The van der Waals surface area contributed by atoms with Crippen LogP contribution in [0.15, 0.2) is 51.8 Å². The van der Waals surface area contributed by atoms with Gasteiger partial charge in [0.05, 0.1) is 25.2 Å². The van der Waals surface area contributed by atoms with Crippen LogP contribution in [-0.4, -0.2) is 42.3 Å². The molecule has 1 aliphatic heterocycles. The summed E-state index contributed by atoms with van der Waals surface area (Å²) in [6.45, 7) is 2.15. The molecule has 0 bridgehead atoms. The second kappa shape index (κ2) is 10.5. The number of esters is 1. The van der Waals surface area contributed by atoms with Gasteiger partial charge in [-0.2, -0.15) is 0 Å². The van der Waals surface area contributed by atoms with Gasteiger partial charge in [-0.15, -0.1) is 0 Å². The van der Waals surface area contributed by atoms with Crippen molar-refractivity contribution in [3.05, 3.63) is 63.0 Å². The van der Waals surface area contributed by atoms with Gasteiger partial charge in [0.2, 0.25) is 0 Å². The molecule has 3 rings (SSSR count). The molecule has 0 aromatic heterocycles. The average molecular weight is 506 g/mol. The first-order valence-corrected chi connectivity index (χ1v) is 11.0. The van der Waals surface area contributed by atoms with E-state index in [0.29, 0.717) is 28.6 Å². The third kappa shape index (κ3) is 5.68. The Hall–Kier alpha value is -2.78. The summed E-state index contributed by atoms with van der Waals surface area (Å²) in [5.41, 5.74) is 1.51. The Kier molecular flexibility index (Phi) is 7.75. The van der Waals surface area contributed by atoms with Crippen LogP contribution in [0.5, 0.6) is 11.5 Å². The lowest BCUT2D eigenvalue weighted by molar-refractivity contribution is -0.142. The maximum Gasteiger partial charge on any atom is 0.343 e. The van der Waals surface area contributed by atoms with Gasteiger partial charge in [0.25, 0.3) is 11.1 Å². The summed E-state index contributed by atoms with van der Waals surface area (Å²) in [6.07, 6.45) is 1.64. The Bertz CT molecular complexity index is 1040. The smallest absolute Gasteiger partial charge is 0.343 e. The quantitative estimate of drug-likeness (QED) is 0.381. The van der Waals surface area contributed by atoms with E-state index in [-0.39, 0.29) is 24.3 Å². The molecule has 0 saturated carbocycles. The van der Waals surface area contributed by atoms with Gasteiger partial charge in [-0.25, -0.2) is 4.79 Å². The zero-order valence-electron chi connectivity index (χ0n) is 16.9. The number of benzene rings is 2. The summed E-state index contributed by atoms with van der Waals surface area (Å²) in [4.78, 5) is 38.1. The van der Waals surface area contributed by atoms with Crippen LogP contribution < -0.4 is 9.47 Å².